The number of pyridine rings is 1. The molecule has 2 aromatic rings. The van der Waals surface area contributed by atoms with E-state index in [2.05, 4.69) is 9.72 Å². The van der Waals surface area contributed by atoms with E-state index in [1.807, 2.05) is 31.2 Å². The standard InChI is InChI=1S/C15H16N2O2S/c1-10-13(16)4-3-5-14(10)20-9-12-7-6-11(8-17-12)15(18)19-2/h3-8H,9,16H2,1-2H3. The smallest absolute Gasteiger partial charge is 0.339 e. The van der Waals surface area contributed by atoms with Crippen LogP contribution in [-0.2, 0) is 10.5 Å². The number of aromatic nitrogens is 1. The Labute approximate surface area is 122 Å². The van der Waals surface area contributed by atoms with Crippen LogP contribution in [-0.4, -0.2) is 18.1 Å². The van der Waals surface area contributed by atoms with Gasteiger partial charge in [-0.25, -0.2) is 4.79 Å². The van der Waals surface area contributed by atoms with Crippen molar-refractivity contribution in [3.63, 3.8) is 0 Å². The number of methoxy groups -OCH3 is 1. The lowest BCUT2D eigenvalue weighted by atomic mass is 10.2. The van der Waals surface area contributed by atoms with Crippen LogP contribution in [0.2, 0.25) is 0 Å². The van der Waals surface area contributed by atoms with Crippen molar-refractivity contribution in [3.05, 3.63) is 53.3 Å². The van der Waals surface area contributed by atoms with Crippen molar-refractivity contribution < 1.29 is 9.53 Å². The van der Waals surface area contributed by atoms with E-state index in [1.54, 1.807) is 17.8 Å². The molecule has 0 aliphatic heterocycles. The van der Waals surface area contributed by atoms with Crippen molar-refractivity contribution in [1.29, 1.82) is 0 Å². The number of nitrogens with zero attached hydrogens (tertiary/aromatic N) is 1. The van der Waals surface area contributed by atoms with Crippen molar-refractivity contribution in [3.8, 4) is 0 Å². The number of nitrogen functional groups attached to an aromatic ring is 1. The summed E-state index contributed by atoms with van der Waals surface area (Å²) < 4.78 is 4.64. The predicted octanol–water partition coefficient (Wildman–Crippen LogP) is 3.05. The third-order valence-corrected chi connectivity index (χ3v) is 4.14. The molecule has 0 radical (unpaired) electrons. The van der Waals surface area contributed by atoms with Gasteiger partial charge < -0.3 is 10.5 Å². The molecule has 0 spiro atoms. The molecule has 5 heteroatoms. The minimum absolute atomic E-state index is 0.372. The average Bonchev–Trinajstić information content (AvgIpc) is 2.48. The van der Waals surface area contributed by atoms with E-state index in [9.17, 15) is 4.79 Å². The molecule has 1 aromatic heterocycles. The monoisotopic (exact) mass is 288 g/mol. The van der Waals surface area contributed by atoms with Gasteiger partial charge in [-0.3, -0.25) is 4.98 Å². The van der Waals surface area contributed by atoms with Crippen LogP contribution in [0, 0.1) is 6.92 Å². The van der Waals surface area contributed by atoms with Gasteiger partial charge in [0.05, 0.1) is 18.4 Å². The van der Waals surface area contributed by atoms with E-state index in [1.165, 1.54) is 13.3 Å². The maximum Gasteiger partial charge on any atom is 0.339 e. The van der Waals surface area contributed by atoms with E-state index < -0.39 is 0 Å². The van der Waals surface area contributed by atoms with Gasteiger partial charge in [0.15, 0.2) is 0 Å². The van der Waals surface area contributed by atoms with E-state index in [0.717, 1.165) is 27.6 Å². The topological polar surface area (TPSA) is 65.2 Å². The van der Waals surface area contributed by atoms with Crippen LogP contribution >= 0.6 is 11.8 Å². The molecule has 1 aromatic carbocycles. The Kier molecular flexibility index (Phi) is 4.63. The zero-order valence-corrected chi connectivity index (χ0v) is 12.2. The summed E-state index contributed by atoms with van der Waals surface area (Å²) in [7, 11) is 1.36. The lowest BCUT2D eigenvalue weighted by Crippen LogP contribution is -2.02. The molecule has 0 bridgehead atoms. The molecule has 4 nitrogen and oxygen atoms in total. The Bertz CT molecular complexity index is 612. The van der Waals surface area contributed by atoms with Crippen LogP contribution in [0.15, 0.2) is 41.4 Å². The number of anilines is 1. The number of carbonyl (C=O) groups excluding carboxylic acids is 1. The predicted molar refractivity (Wildman–Crippen MR) is 80.7 cm³/mol. The highest BCUT2D eigenvalue weighted by atomic mass is 32.2. The first-order valence-electron chi connectivity index (χ1n) is 6.13. The maximum absolute atomic E-state index is 11.3. The van der Waals surface area contributed by atoms with E-state index in [0.29, 0.717) is 5.56 Å². The highest BCUT2D eigenvalue weighted by Crippen LogP contribution is 2.28. The Morgan fingerprint density at radius 3 is 2.80 bits per heavy atom. The molecular formula is C15H16N2O2S. The van der Waals surface area contributed by atoms with Gasteiger partial charge in [0.2, 0.25) is 0 Å². The number of carbonyl (C=O) groups is 1. The number of hydrogen-bond donors (Lipinski definition) is 1. The minimum atomic E-state index is -0.372. The molecule has 0 fully saturated rings. The van der Waals surface area contributed by atoms with Gasteiger partial charge in [0.25, 0.3) is 0 Å². The molecule has 0 aliphatic rings. The number of thioether (sulfide) groups is 1. The molecule has 0 aliphatic carbocycles. The molecule has 1 heterocycles. The fourth-order valence-electron chi connectivity index (χ4n) is 1.69. The summed E-state index contributed by atoms with van der Waals surface area (Å²) in [6.45, 7) is 2.01. The third-order valence-electron chi connectivity index (χ3n) is 2.95. The number of ether oxygens (including phenoxy) is 1. The van der Waals surface area contributed by atoms with Crippen LogP contribution in [0.4, 0.5) is 5.69 Å². The third kappa shape index (κ3) is 3.30. The molecule has 20 heavy (non-hydrogen) atoms. The molecule has 0 unspecified atom stereocenters. The number of rotatable bonds is 4. The number of esters is 1. The summed E-state index contributed by atoms with van der Waals surface area (Å²) in [5.74, 6) is 0.356. The molecule has 2 rings (SSSR count). The van der Waals surface area contributed by atoms with Crippen molar-refractivity contribution in [2.45, 2.75) is 17.6 Å². The van der Waals surface area contributed by atoms with Crippen molar-refractivity contribution in [1.82, 2.24) is 4.98 Å². The van der Waals surface area contributed by atoms with Crippen molar-refractivity contribution in [2.24, 2.45) is 0 Å². The summed E-state index contributed by atoms with van der Waals surface area (Å²) in [6, 6.07) is 9.43. The van der Waals surface area contributed by atoms with Crippen LogP contribution in [0.3, 0.4) is 0 Å². The highest BCUT2D eigenvalue weighted by molar-refractivity contribution is 7.98. The quantitative estimate of drug-likeness (QED) is 0.532. The summed E-state index contributed by atoms with van der Waals surface area (Å²) in [5, 5.41) is 0. The first kappa shape index (κ1) is 14.4. The van der Waals surface area contributed by atoms with E-state index in [4.69, 9.17) is 5.73 Å². The van der Waals surface area contributed by atoms with Crippen molar-refractivity contribution >= 4 is 23.4 Å². The Hall–Kier alpha value is -2.01. The molecule has 0 atom stereocenters. The Balaban J connectivity index is 2.04. The van der Waals surface area contributed by atoms with Gasteiger partial charge in [0, 0.05) is 22.5 Å². The number of benzene rings is 1. The lowest BCUT2D eigenvalue weighted by molar-refractivity contribution is 0.0600. The van der Waals surface area contributed by atoms with Crippen molar-refractivity contribution in [2.75, 3.05) is 12.8 Å². The van der Waals surface area contributed by atoms with E-state index in [-0.39, 0.29) is 5.97 Å². The summed E-state index contributed by atoms with van der Waals surface area (Å²) in [5.41, 5.74) is 9.13. The average molecular weight is 288 g/mol. The molecular weight excluding hydrogens is 272 g/mol. The molecule has 0 saturated heterocycles. The molecule has 104 valence electrons. The van der Waals surface area contributed by atoms with Crippen LogP contribution in [0.1, 0.15) is 21.6 Å². The Morgan fingerprint density at radius 2 is 2.15 bits per heavy atom. The normalized spacial score (nSPS) is 10.3. The lowest BCUT2D eigenvalue weighted by Gasteiger charge is -2.07. The van der Waals surface area contributed by atoms with Gasteiger partial charge in [-0.05, 0) is 36.8 Å². The first-order chi connectivity index (χ1) is 9.61. The summed E-state index contributed by atoms with van der Waals surface area (Å²) >= 11 is 1.68. The SMILES string of the molecule is COC(=O)c1ccc(CSc2cccc(N)c2C)nc1. The molecule has 2 N–H and O–H groups in total. The maximum atomic E-state index is 11.3. The first-order valence-corrected chi connectivity index (χ1v) is 7.11. The van der Waals surface area contributed by atoms with Gasteiger partial charge in [-0.1, -0.05) is 6.07 Å². The van der Waals surface area contributed by atoms with Gasteiger partial charge in [-0.2, -0.15) is 0 Å². The fourth-order valence-corrected chi connectivity index (χ4v) is 2.67. The number of nitrogens with two attached hydrogens (primary N) is 1. The Morgan fingerprint density at radius 1 is 1.35 bits per heavy atom. The van der Waals surface area contributed by atoms with Gasteiger partial charge in [-0.15, -0.1) is 11.8 Å². The summed E-state index contributed by atoms with van der Waals surface area (Å²) in [4.78, 5) is 16.7. The second-order valence-corrected chi connectivity index (χ2v) is 5.31. The van der Waals surface area contributed by atoms with Crippen LogP contribution in [0.25, 0.3) is 0 Å². The second kappa shape index (κ2) is 6.43. The second-order valence-electron chi connectivity index (χ2n) is 4.29. The largest absolute Gasteiger partial charge is 0.465 e. The highest BCUT2D eigenvalue weighted by Gasteiger charge is 2.07. The van der Waals surface area contributed by atoms with Crippen LogP contribution < -0.4 is 5.73 Å². The fraction of sp³-hybridized carbons (Fsp3) is 0.200. The van der Waals surface area contributed by atoms with Gasteiger partial charge in [0.1, 0.15) is 0 Å². The minimum Gasteiger partial charge on any atom is -0.465 e. The van der Waals surface area contributed by atoms with E-state index >= 15 is 0 Å². The zero-order valence-electron chi connectivity index (χ0n) is 11.4. The summed E-state index contributed by atoms with van der Waals surface area (Å²) in [6.07, 6.45) is 1.54. The molecule has 0 amide bonds. The zero-order chi connectivity index (χ0) is 14.5. The number of hydrogen-bond acceptors (Lipinski definition) is 5. The molecule has 0 saturated carbocycles. The van der Waals surface area contributed by atoms with Gasteiger partial charge >= 0.3 is 5.97 Å². The van der Waals surface area contributed by atoms with Crippen LogP contribution in [0.5, 0.6) is 0 Å².